The van der Waals surface area contributed by atoms with Gasteiger partial charge in [0.05, 0.1) is 6.54 Å². The fraction of sp³-hybridized carbons (Fsp3) is 0.476. The molecule has 6 heteroatoms. The number of hydrogen-bond donors (Lipinski definition) is 1. The van der Waals surface area contributed by atoms with E-state index in [9.17, 15) is 9.59 Å². The standard InChI is InChI=1S/C21H29N3O3/c1-6-12-24(14-17-13-18(23-27-17)19(25)22-7-2)20(26)15-8-10-16(11-9-15)21(3,4)5/h8-11,13H,6-7,12,14H2,1-5H3,(H,22,25). The van der Waals surface area contributed by atoms with E-state index in [4.69, 9.17) is 4.52 Å². The molecule has 6 nitrogen and oxygen atoms in total. The van der Waals surface area contributed by atoms with Gasteiger partial charge in [0.2, 0.25) is 0 Å². The molecule has 0 radical (unpaired) electrons. The molecule has 0 unspecified atom stereocenters. The molecule has 2 aromatic rings. The van der Waals surface area contributed by atoms with Gasteiger partial charge in [0.25, 0.3) is 11.8 Å². The summed E-state index contributed by atoms with van der Waals surface area (Å²) in [6, 6.07) is 9.32. The molecule has 2 rings (SSSR count). The number of benzene rings is 1. The zero-order valence-corrected chi connectivity index (χ0v) is 16.8. The Hall–Kier alpha value is -2.63. The maximum atomic E-state index is 12.9. The van der Waals surface area contributed by atoms with Crippen LogP contribution in [0.15, 0.2) is 34.9 Å². The number of hydrogen-bond acceptors (Lipinski definition) is 4. The SMILES string of the molecule is CCCN(Cc1cc(C(=O)NCC)no1)C(=O)c1ccc(C(C)(C)C)cc1. The van der Waals surface area contributed by atoms with Crippen LogP contribution in [-0.2, 0) is 12.0 Å². The number of carbonyl (C=O) groups is 2. The lowest BCUT2D eigenvalue weighted by atomic mass is 9.86. The van der Waals surface area contributed by atoms with Crippen molar-refractivity contribution in [1.82, 2.24) is 15.4 Å². The molecular weight excluding hydrogens is 342 g/mol. The average Bonchev–Trinajstić information content (AvgIpc) is 3.09. The van der Waals surface area contributed by atoms with Crippen LogP contribution in [0.3, 0.4) is 0 Å². The van der Waals surface area contributed by atoms with Crippen molar-refractivity contribution in [2.45, 2.75) is 53.0 Å². The second kappa shape index (κ2) is 8.84. The monoisotopic (exact) mass is 371 g/mol. The highest BCUT2D eigenvalue weighted by atomic mass is 16.5. The summed E-state index contributed by atoms with van der Waals surface area (Å²) in [4.78, 5) is 26.5. The molecule has 0 aliphatic heterocycles. The van der Waals surface area contributed by atoms with Gasteiger partial charge >= 0.3 is 0 Å². The fourth-order valence-corrected chi connectivity index (χ4v) is 2.75. The van der Waals surface area contributed by atoms with Gasteiger partial charge in [0.15, 0.2) is 11.5 Å². The van der Waals surface area contributed by atoms with Crippen molar-refractivity contribution in [3.8, 4) is 0 Å². The molecule has 146 valence electrons. The Morgan fingerprint density at radius 3 is 2.37 bits per heavy atom. The predicted octanol–water partition coefficient (Wildman–Crippen LogP) is 3.77. The van der Waals surface area contributed by atoms with Gasteiger partial charge < -0.3 is 14.7 Å². The highest BCUT2D eigenvalue weighted by molar-refractivity contribution is 5.94. The fourth-order valence-electron chi connectivity index (χ4n) is 2.75. The van der Waals surface area contributed by atoms with E-state index in [0.717, 1.165) is 6.42 Å². The lowest BCUT2D eigenvalue weighted by Gasteiger charge is -2.22. The molecule has 0 aliphatic rings. The van der Waals surface area contributed by atoms with Gasteiger partial charge in [-0.05, 0) is 36.5 Å². The van der Waals surface area contributed by atoms with Gasteiger partial charge in [-0.1, -0.05) is 45.0 Å². The maximum absolute atomic E-state index is 12.9. The molecule has 0 atom stereocenters. The van der Waals surface area contributed by atoms with E-state index < -0.39 is 0 Å². The summed E-state index contributed by atoms with van der Waals surface area (Å²) in [5.74, 6) is 0.149. The van der Waals surface area contributed by atoms with Crippen LogP contribution in [0.1, 0.15) is 73.2 Å². The van der Waals surface area contributed by atoms with E-state index in [-0.39, 0.29) is 29.5 Å². The molecule has 0 bridgehead atoms. The average molecular weight is 371 g/mol. The Balaban J connectivity index is 2.14. The molecule has 0 saturated carbocycles. The van der Waals surface area contributed by atoms with Crippen molar-refractivity contribution >= 4 is 11.8 Å². The van der Waals surface area contributed by atoms with Crippen LogP contribution < -0.4 is 5.32 Å². The highest BCUT2D eigenvalue weighted by Gasteiger charge is 2.20. The first-order chi connectivity index (χ1) is 12.8. The Labute approximate surface area is 160 Å². The molecule has 1 aromatic heterocycles. The van der Waals surface area contributed by atoms with Crippen molar-refractivity contribution in [3.05, 3.63) is 52.9 Å². The van der Waals surface area contributed by atoms with Gasteiger partial charge in [0, 0.05) is 24.7 Å². The second-order valence-corrected chi connectivity index (χ2v) is 7.59. The predicted molar refractivity (Wildman–Crippen MR) is 105 cm³/mol. The van der Waals surface area contributed by atoms with Crippen LogP contribution >= 0.6 is 0 Å². The van der Waals surface area contributed by atoms with Crippen molar-refractivity contribution in [2.75, 3.05) is 13.1 Å². The lowest BCUT2D eigenvalue weighted by molar-refractivity contribution is 0.0727. The van der Waals surface area contributed by atoms with Crippen molar-refractivity contribution in [3.63, 3.8) is 0 Å². The minimum atomic E-state index is -0.279. The Bertz CT molecular complexity index is 773. The summed E-state index contributed by atoms with van der Waals surface area (Å²) in [6.45, 7) is 11.7. The van der Waals surface area contributed by atoms with Crippen molar-refractivity contribution < 1.29 is 14.1 Å². The molecule has 0 spiro atoms. The van der Waals surface area contributed by atoms with E-state index in [1.807, 2.05) is 38.1 Å². The van der Waals surface area contributed by atoms with Crippen LogP contribution in [0, 0.1) is 0 Å². The number of carbonyl (C=O) groups excluding carboxylic acids is 2. The molecule has 0 aliphatic carbocycles. The summed E-state index contributed by atoms with van der Waals surface area (Å²) in [7, 11) is 0. The van der Waals surface area contributed by atoms with E-state index in [1.54, 1.807) is 11.0 Å². The van der Waals surface area contributed by atoms with Gasteiger partial charge in [-0.25, -0.2) is 0 Å². The summed E-state index contributed by atoms with van der Waals surface area (Å²) in [5, 5.41) is 6.47. The Morgan fingerprint density at radius 2 is 1.81 bits per heavy atom. The summed E-state index contributed by atoms with van der Waals surface area (Å²) in [5.41, 5.74) is 2.09. The quantitative estimate of drug-likeness (QED) is 0.804. The van der Waals surface area contributed by atoms with Gasteiger partial charge in [-0.2, -0.15) is 0 Å². The minimum absolute atomic E-state index is 0.0417. The van der Waals surface area contributed by atoms with Crippen molar-refractivity contribution in [1.29, 1.82) is 0 Å². The number of rotatable bonds is 7. The third-order valence-corrected chi connectivity index (χ3v) is 4.25. The summed E-state index contributed by atoms with van der Waals surface area (Å²) >= 11 is 0. The van der Waals surface area contributed by atoms with Crippen LogP contribution in [0.4, 0.5) is 0 Å². The Kier molecular flexibility index (Phi) is 6.77. The molecule has 0 saturated heterocycles. The zero-order chi connectivity index (χ0) is 20.0. The summed E-state index contributed by atoms with van der Waals surface area (Å²) < 4.78 is 5.25. The first-order valence-electron chi connectivity index (χ1n) is 9.39. The van der Waals surface area contributed by atoms with E-state index in [2.05, 4.69) is 31.2 Å². The van der Waals surface area contributed by atoms with Gasteiger partial charge in [-0.3, -0.25) is 9.59 Å². The molecular formula is C21H29N3O3. The van der Waals surface area contributed by atoms with E-state index in [0.29, 0.717) is 24.4 Å². The van der Waals surface area contributed by atoms with Crippen LogP contribution in [-0.4, -0.2) is 35.0 Å². The molecule has 1 N–H and O–H groups in total. The van der Waals surface area contributed by atoms with E-state index in [1.165, 1.54) is 5.56 Å². The molecule has 0 fully saturated rings. The minimum Gasteiger partial charge on any atom is -0.359 e. The largest absolute Gasteiger partial charge is 0.359 e. The molecule has 1 heterocycles. The third-order valence-electron chi connectivity index (χ3n) is 4.25. The van der Waals surface area contributed by atoms with E-state index >= 15 is 0 Å². The lowest BCUT2D eigenvalue weighted by Crippen LogP contribution is -2.31. The smallest absolute Gasteiger partial charge is 0.273 e. The highest BCUT2D eigenvalue weighted by Crippen LogP contribution is 2.23. The first kappa shape index (κ1) is 20.7. The number of aromatic nitrogens is 1. The summed E-state index contributed by atoms with van der Waals surface area (Å²) in [6.07, 6.45) is 0.823. The molecule has 27 heavy (non-hydrogen) atoms. The van der Waals surface area contributed by atoms with Crippen molar-refractivity contribution in [2.24, 2.45) is 0 Å². The molecule has 1 aromatic carbocycles. The normalized spacial score (nSPS) is 11.3. The second-order valence-electron chi connectivity index (χ2n) is 7.59. The number of nitrogens with zero attached hydrogens (tertiary/aromatic N) is 2. The molecule has 2 amide bonds. The van der Waals surface area contributed by atoms with Crippen LogP contribution in [0.2, 0.25) is 0 Å². The zero-order valence-electron chi connectivity index (χ0n) is 16.8. The Morgan fingerprint density at radius 1 is 1.15 bits per heavy atom. The van der Waals surface area contributed by atoms with Crippen LogP contribution in [0.5, 0.6) is 0 Å². The first-order valence-corrected chi connectivity index (χ1v) is 9.39. The number of amides is 2. The number of nitrogens with one attached hydrogen (secondary N) is 1. The maximum Gasteiger partial charge on any atom is 0.273 e. The topological polar surface area (TPSA) is 75.4 Å². The van der Waals surface area contributed by atoms with Gasteiger partial charge in [0.1, 0.15) is 0 Å². The van der Waals surface area contributed by atoms with Crippen LogP contribution in [0.25, 0.3) is 0 Å². The third kappa shape index (κ3) is 5.42. The van der Waals surface area contributed by atoms with Gasteiger partial charge in [-0.15, -0.1) is 0 Å².